The molecule has 0 saturated carbocycles. The highest BCUT2D eigenvalue weighted by Crippen LogP contribution is 2.17. The third kappa shape index (κ3) is 3.96. The smallest absolute Gasteiger partial charge is 0.253 e. The van der Waals surface area contributed by atoms with Crippen LogP contribution in [0.4, 0.5) is 5.69 Å². The van der Waals surface area contributed by atoms with E-state index in [1.165, 1.54) is 0 Å². The lowest BCUT2D eigenvalue weighted by Gasteiger charge is -2.24. The molecule has 4 nitrogen and oxygen atoms in total. The first-order valence-electron chi connectivity index (χ1n) is 6.91. The zero-order valence-corrected chi connectivity index (χ0v) is 11.6. The highest BCUT2D eigenvalue weighted by atomic mass is 16.5. The monoisotopic (exact) mass is 262 g/mol. The number of para-hydroxylation sites is 1. The van der Waals surface area contributed by atoms with E-state index in [1.807, 2.05) is 24.3 Å². The number of hydrogen-bond acceptors (Lipinski definition) is 3. The van der Waals surface area contributed by atoms with Gasteiger partial charge in [-0.25, -0.2) is 0 Å². The van der Waals surface area contributed by atoms with Crippen molar-refractivity contribution in [2.45, 2.75) is 38.8 Å². The zero-order valence-electron chi connectivity index (χ0n) is 11.6. The average Bonchev–Trinajstić information content (AvgIpc) is 2.39. The fourth-order valence-corrected chi connectivity index (χ4v) is 2.22. The van der Waals surface area contributed by atoms with Crippen LogP contribution in [0.2, 0.25) is 0 Å². The lowest BCUT2D eigenvalue weighted by Crippen LogP contribution is -2.39. The molecule has 1 aliphatic rings. The number of amides is 1. The van der Waals surface area contributed by atoms with E-state index in [1.54, 1.807) is 0 Å². The average molecular weight is 262 g/mol. The van der Waals surface area contributed by atoms with Gasteiger partial charge in [0.05, 0.1) is 5.56 Å². The summed E-state index contributed by atoms with van der Waals surface area (Å²) in [6.07, 6.45) is 1.79. The Morgan fingerprint density at radius 1 is 1.26 bits per heavy atom. The maximum absolute atomic E-state index is 12.3. The van der Waals surface area contributed by atoms with E-state index < -0.39 is 0 Å². The van der Waals surface area contributed by atoms with Crippen molar-refractivity contribution in [2.24, 2.45) is 0 Å². The molecule has 0 unspecified atom stereocenters. The summed E-state index contributed by atoms with van der Waals surface area (Å²) in [4.78, 5) is 12.3. The molecule has 4 heteroatoms. The topological polar surface area (TPSA) is 50.4 Å². The molecule has 0 aliphatic carbocycles. The molecular weight excluding hydrogens is 240 g/mol. The molecule has 1 heterocycles. The molecule has 2 rings (SSSR count). The zero-order chi connectivity index (χ0) is 13.7. The summed E-state index contributed by atoms with van der Waals surface area (Å²) < 4.78 is 5.30. The predicted octanol–water partition coefficient (Wildman–Crippen LogP) is 2.42. The number of rotatable bonds is 4. The van der Waals surface area contributed by atoms with Crippen molar-refractivity contribution in [1.29, 1.82) is 0 Å². The molecule has 1 aliphatic heterocycles. The Hall–Kier alpha value is -1.55. The summed E-state index contributed by atoms with van der Waals surface area (Å²) >= 11 is 0. The minimum atomic E-state index is -0.00403. The summed E-state index contributed by atoms with van der Waals surface area (Å²) in [7, 11) is 0. The van der Waals surface area contributed by atoms with E-state index in [0.717, 1.165) is 31.7 Å². The lowest BCUT2D eigenvalue weighted by molar-refractivity contribution is 0.0697. The maximum atomic E-state index is 12.3. The second-order valence-electron chi connectivity index (χ2n) is 5.20. The number of hydrogen-bond donors (Lipinski definition) is 2. The second kappa shape index (κ2) is 6.57. The van der Waals surface area contributed by atoms with Crippen LogP contribution in [0.1, 0.15) is 37.0 Å². The second-order valence-corrected chi connectivity index (χ2v) is 5.20. The molecule has 0 radical (unpaired) electrons. The quantitative estimate of drug-likeness (QED) is 0.876. The Balaban J connectivity index is 2.05. The first-order valence-corrected chi connectivity index (χ1v) is 6.91. The van der Waals surface area contributed by atoms with E-state index in [-0.39, 0.29) is 11.9 Å². The third-order valence-electron chi connectivity index (χ3n) is 3.17. The van der Waals surface area contributed by atoms with Crippen molar-refractivity contribution in [3.05, 3.63) is 29.8 Å². The van der Waals surface area contributed by atoms with Gasteiger partial charge in [-0.2, -0.15) is 0 Å². The van der Waals surface area contributed by atoms with Crippen LogP contribution in [0, 0.1) is 0 Å². The van der Waals surface area contributed by atoms with Gasteiger partial charge in [-0.3, -0.25) is 4.79 Å². The van der Waals surface area contributed by atoms with Crippen LogP contribution in [0.25, 0.3) is 0 Å². The lowest BCUT2D eigenvalue weighted by atomic mass is 10.1. The SMILES string of the molecule is CC(C)Nc1ccccc1C(=O)NC1CCOCC1. The van der Waals surface area contributed by atoms with Gasteiger partial charge in [-0.05, 0) is 38.8 Å². The van der Waals surface area contributed by atoms with Gasteiger partial charge in [0.1, 0.15) is 0 Å². The molecule has 19 heavy (non-hydrogen) atoms. The largest absolute Gasteiger partial charge is 0.382 e. The third-order valence-corrected chi connectivity index (χ3v) is 3.17. The molecule has 1 amide bonds. The molecule has 1 aromatic rings. The van der Waals surface area contributed by atoms with Gasteiger partial charge in [0.15, 0.2) is 0 Å². The summed E-state index contributed by atoms with van der Waals surface area (Å²) in [6.45, 7) is 5.59. The molecule has 104 valence electrons. The molecule has 0 aromatic heterocycles. The van der Waals surface area contributed by atoms with Crippen LogP contribution >= 0.6 is 0 Å². The van der Waals surface area contributed by atoms with E-state index in [2.05, 4.69) is 24.5 Å². The Bertz CT molecular complexity index is 426. The Labute approximate surface area is 114 Å². The predicted molar refractivity (Wildman–Crippen MR) is 76.5 cm³/mol. The number of carbonyl (C=O) groups is 1. The number of anilines is 1. The summed E-state index contributed by atoms with van der Waals surface area (Å²) in [6, 6.07) is 8.17. The van der Waals surface area contributed by atoms with Gasteiger partial charge in [0.25, 0.3) is 5.91 Å². The van der Waals surface area contributed by atoms with Crippen LogP contribution in [-0.4, -0.2) is 31.2 Å². The van der Waals surface area contributed by atoms with Crippen LogP contribution in [0.15, 0.2) is 24.3 Å². The number of ether oxygens (including phenoxy) is 1. The molecule has 1 aromatic carbocycles. The van der Waals surface area contributed by atoms with E-state index in [4.69, 9.17) is 4.74 Å². The molecule has 0 bridgehead atoms. The molecular formula is C15H22N2O2. The fourth-order valence-electron chi connectivity index (χ4n) is 2.22. The van der Waals surface area contributed by atoms with Gasteiger partial charge in [-0.1, -0.05) is 12.1 Å². The minimum Gasteiger partial charge on any atom is -0.382 e. The van der Waals surface area contributed by atoms with Crippen molar-refractivity contribution in [3.8, 4) is 0 Å². The highest BCUT2D eigenvalue weighted by molar-refractivity contribution is 5.99. The van der Waals surface area contributed by atoms with Crippen LogP contribution in [-0.2, 0) is 4.74 Å². The normalized spacial score (nSPS) is 16.4. The summed E-state index contributed by atoms with van der Waals surface area (Å²) in [5.41, 5.74) is 1.60. The molecule has 0 atom stereocenters. The van der Waals surface area contributed by atoms with Gasteiger partial charge in [-0.15, -0.1) is 0 Å². The Morgan fingerprint density at radius 2 is 1.95 bits per heavy atom. The minimum absolute atomic E-state index is 0.00403. The van der Waals surface area contributed by atoms with Crippen LogP contribution in [0.3, 0.4) is 0 Å². The van der Waals surface area contributed by atoms with Crippen molar-refractivity contribution in [2.75, 3.05) is 18.5 Å². The van der Waals surface area contributed by atoms with Crippen molar-refractivity contribution < 1.29 is 9.53 Å². The Kier molecular flexibility index (Phi) is 4.80. The van der Waals surface area contributed by atoms with Crippen LogP contribution in [0.5, 0.6) is 0 Å². The molecule has 0 spiro atoms. The first kappa shape index (κ1) is 13.9. The van der Waals surface area contributed by atoms with Gasteiger partial charge < -0.3 is 15.4 Å². The Morgan fingerprint density at radius 3 is 2.63 bits per heavy atom. The molecule has 1 fully saturated rings. The summed E-state index contributed by atoms with van der Waals surface area (Å²) in [5, 5.41) is 6.40. The van der Waals surface area contributed by atoms with Crippen molar-refractivity contribution in [3.63, 3.8) is 0 Å². The number of carbonyl (C=O) groups excluding carboxylic acids is 1. The van der Waals surface area contributed by atoms with E-state index in [9.17, 15) is 4.79 Å². The van der Waals surface area contributed by atoms with Crippen molar-refractivity contribution in [1.82, 2.24) is 5.32 Å². The standard InChI is InChI=1S/C15H22N2O2/c1-11(2)16-14-6-4-3-5-13(14)15(18)17-12-7-9-19-10-8-12/h3-6,11-12,16H,7-10H2,1-2H3,(H,17,18). The van der Waals surface area contributed by atoms with Crippen molar-refractivity contribution >= 4 is 11.6 Å². The van der Waals surface area contributed by atoms with Gasteiger partial charge >= 0.3 is 0 Å². The molecule has 2 N–H and O–H groups in total. The number of benzene rings is 1. The summed E-state index contributed by atoms with van der Waals surface area (Å²) in [5.74, 6) is -0.00403. The van der Waals surface area contributed by atoms with Gasteiger partial charge in [0, 0.05) is 31.0 Å². The number of nitrogens with one attached hydrogen (secondary N) is 2. The maximum Gasteiger partial charge on any atom is 0.253 e. The first-order chi connectivity index (χ1) is 9.16. The fraction of sp³-hybridized carbons (Fsp3) is 0.533. The molecule has 1 saturated heterocycles. The van der Waals surface area contributed by atoms with E-state index in [0.29, 0.717) is 11.6 Å². The van der Waals surface area contributed by atoms with Gasteiger partial charge in [0.2, 0.25) is 0 Å². The van der Waals surface area contributed by atoms with Crippen LogP contribution < -0.4 is 10.6 Å². The highest BCUT2D eigenvalue weighted by Gasteiger charge is 2.18. The van der Waals surface area contributed by atoms with E-state index >= 15 is 0 Å².